The zero-order valence-electron chi connectivity index (χ0n) is 7.30. The van der Waals surface area contributed by atoms with Crippen LogP contribution in [0.4, 0.5) is 0 Å². The molecule has 1 saturated carbocycles. The topological polar surface area (TPSA) is 64.4 Å². The molecule has 0 aromatic heterocycles. The number of nitrogens with two attached hydrogens (primary N) is 2. The summed E-state index contributed by atoms with van der Waals surface area (Å²) in [5, 5.41) is 3.56. The van der Waals surface area contributed by atoms with Crippen LogP contribution in [-0.4, -0.2) is 5.84 Å². The van der Waals surface area contributed by atoms with Gasteiger partial charge in [-0.05, 0) is 18.8 Å². The van der Waals surface area contributed by atoms with Gasteiger partial charge in [-0.15, -0.1) is 0 Å². The van der Waals surface area contributed by atoms with Gasteiger partial charge in [0.2, 0.25) is 0 Å². The summed E-state index contributed by atoms with van der Waals surface area (Å²) >= 11 is 0. The highest BCUT2D eigenvalue weighted by molar-refractivity contribution is 5.85. The molecule has 1 rings (SSSR count). The number of amidine groups is 1. The van der Waals surface area contributed by atoms with Crippen LogP contribution in [0.25, 0.3) is 0 Å². The second-order valence-corrected chi connectivity index (χ2v) is 3.86. The molecule has 11 heavy (non-hydrogen) atoms. The molecule has 0 spiro atoms. The van der Waals surface area contributed by atoms with Crippen LogP contribution in [0.5, 0.6) is 0 Å². The first kappa shape index (κ1) is 8.37. The van der Waals surface area contributed by atoms with Gasteiger partial charge in [-0.2, -0.15) is 5.10 Å². The monoisotopic (exact) mass is 155 g/mol. The molecule has 0 heterocycles. The Kier molecular flexibility index (Phi) is 2.07. The molecule has 1 aliphatic carbocycles. The van der Waals surface area contributed by atoms with Crippen molar-refractivity contribution in [3.8, 4) is 0 Å². The summed E-state index contributed by atoms with van der Waals surface area (Å²) in [6, 6.07) is 0. The predicted molar refractivity (Wildman–Crippen MR) is 46.9 cm³/mol. The van der Waals surface area contributed by atoms with Crippen LogP contribution >= 0.6 is 0 Å². The Morgan fingerprint density at radius 2 is 2.00 bits per heavy atom. The van der Waals surface area contributed by atoms with E-state index >= 15 is 0 Å². The van der Waals surface area contributed by atoms with E-state index in [0.717, 1.165) is 0 Å². The van der Waals surface area contributed by atoms with Gasteiger partial charge in [-0.1, -0.05) is 20.3 Å². The lowest BCUT2D eigenvalue weighted by molar-refractivity contribution is 0.185. The van der Waals surface area contributed by atoms with E-state index in [1.54, 1.807) is 0 Å². The molecule has 0 aliphatic heterocycles. The van der Waals surface area contributed by atoms with Crippen LogP contribution in [-0.2, 0) is 0 Å². The fourth-order valence-electron chi connectivity index (χ4n) is 1.51. The van der Waals surface area contributed by atoms with Gasteiger partial charge in [0.1, 0.15) is 5.84 Å². The van der Waals surface area contributed by atoms with E-state index in [1.807, 2.05) is 0 Å². The van der Waals surface area contributed by atoms with Crippen molar-refractivity contribution in [1.29, 1.82) is 0 Å². The van der Waals surface area contributed by atoms with Crippen LogP contribution in [0.1, 0.15) is 33.1 Å². The molecular formula is C8H17N3. The third-order valence-electron chi connectivity index (χ3n) is 2.93. The Hall–Kier alpha value is -0.730. The molecule has 1 aliphatic rings. The summed E-state index contributed by atoms with van der Waals surface area (Å²) in [7, 11) is 0. The predicted octanol–water partition coefficient (Wildman–Crippen LogP) is 1.04. The summed E-state index contributed by atoms with van der Waals surface area (Å²) in [6.07, 6.45) is 3.86. The van der Waals surface area contributed by atoms with Crippen molar-refractivity contribution in [1.82, 2.24) is 0 Å². The normalized spacial score (nSPS) is 21.5. The van der Waals surface area contributed by atoms with E-state index in [-0.39, 0.29) is 5.41 Å². The zero-order valence-corrected chi connectivity index (χ0v) is 7.30. The maximum Gasteiger partial charge on any atom is 0.125 e. The average Bonchev–Trinajstić information content (AvgIpc) is 1.81. The molecule has 4 N–H and O–H groups in total. The molecule has 0 atom stereocenters. The smallest absolute Gasteiger partial charge is 0.125 e. The number of rotatable bonds is 2. The molecular weight excluding hydrogens is 138 g/mol. The van der Waals surface area contributed by atoms with Crippen LogP contribution in [0.2, 0.25) is 0 Å². The van der Waals surface area contributed by atoms with Gasteiger partial charge in [0.15, 0.2) is 0 Å². The fourth-order valence-corrected chi connectivity index (χ4v) is 1.51. The SMILES string of the molecule is CC(C)(/C(N)=N/N)C1CCC1. The van der Waals surface area contributed by atoms with Crippen molar-refractivity contribution in [2.75, 3.05) is 0 Å². The minimum absolute atomic E-state index is 0.00694. The van der Waals surface area contributed by atoms with Crippen molar-refractivity contribution >= 4 is 5.84 Å². The molecule has 64 valence electrons. The minimum Gasteiger partial charge on any atom is -0.385 e. The largest absolute Gasteiger partial charge is 0.385 e. The van der Waals surface area contributed by atoms with E-state index in [1.165, 1.54) is 19.3 Å². The number of hydrogen-bond acceptors (Lipinski definition) is 2. The maximum atomic E-state index is 5.69. The summed E-state index contributed by atoms with van der Waals surface area (Å²) in [4.78, 5) is 0. The van der Waals surface area contributed by atoms with Crippen molar-refractivity contribution in [2.24, 2.45) is 28.0 Å². The standard InChI is InChI=1S/C8H17N3/c1-8(2,7(9)11-10)6-4-3-5-6/h6H,3-5,10H2,1-2H3,(H2,9,11). The van der Waals surface area contributed by atoms with Crippen LogP contribution in [0, 0.1) is 11.3 Å². The Bertz CT molecular complexity index is 168. The molecule has 0 radical (unpaired) electrons. The van der Waals surface area contributed by atoms with E-state index in [9.17, 15) is 0 Å². The quantitative estimate of drug-likeness (QED) is 0.271. The van der Waals surface area contributed by atoms with Crippen LogP contribution in [0.15, 0.2) is 5.10 Å². The Morgan fingerprint density at radius 3 is 2.27 bits per heavy atom. The molecule has 0 unspecified atom stereocenters. The lowest BCUT2D eigenvalue weighted by atomic mass is 9.67. The van der Waals surface area contributed by atoms with E-state index in [0.29, 0.717) is 11.8 Å². The van der Waals surface area contributed by atoms with E-state index in [2.05, 4.69) is 18.9 Å². The van der Waals surface area contributed by atoms with Gasteiger partial charge in [0.05, 0.1) is 0 Å². The Balaban J connectivity index is 2.64. The first-order valence-corrected chi connectivity index (χ1v) is 4.13. The van der Waals surface area contributed by atoms with Gasteiger partial charge < -0.3 is 11.6 Å². The van der Waals surface area contributed by atoms with Crippen molar-refractivity contribution in [3.05, 3.63) is 0 Å². The zero-order chi connectivity index (χ0) is 8.48. The van der Waals surface area contributed by atoms with Gasteiger partial charge in [-0.3, -0.25) is 0 Å². The first-order chi connectivity index (χ1) is 5.09. The molecule has 3 heteroatoms. The van der Waals surface area contributed by atoms with E-state index in [4.69, 9.17) is 11.6 Å². The Labute approximate surface area is 67.8 Å². The molecule has 0 amide bonds. The lowest BCUT2D eigenvalue weighted by Crippen LogP contribution is -2.42. The highest BCUT2D eigenvalue weighted by Crippen LogP contribution is 2.41. The summed E-state index contributed by atoms with van der Waals surface area (Å²) in [5.41, 5.74) is 5.69. The molecule has 3 nitrogen and oxygen atoms in total. The maximum absolute atomic E-state index is 5.69. The number of nitrogens with zero attached hydrogens (tertiary/aromatic N) is 1. The van der Waals surface area contributed by atoms with Crippen LogP contribution < -0.4 is 11.6 Å². The molecule has 0 saturated heterocycles. The first-order valence-electron chi connectivity index (χ1n) is 4.13. The van der Waals surface area contributed by atoms with Gasteiger partial charge in [-0.25, -0.2) is 0 Å². The fraction of sp³-hybridized carbons (Fsp3) is 0.875. The van der Waals surface area contributed by atoms with Crippen molar-refractivity contribution in [3.63, 3.8) is 0 Å². The second-order valence-electron chi connectivity index (χ2n) is 3.86. The highest BCUT2D eigenvalue weighted by atomic mass is 15.2. The van der Waals surface area contributed by atoms with E-state index < -0.39 is 0 Å². The lowest BCUT2D eigenvalue weighted by Gasteiger charge is -2.39. The van der Waals surface area contributed by atoms with Crippen molar-refractivity contribution < 1.29 is 0 Å². The molecule has 0 aromatic carbocycles. The van der Waals surface area contributed by atoms with Crippen LogP contribution in [0.3, 0.4) is 0 Å². The van der Waals surface area contributed by atoms with Gasteiger partial charge in [0, 0.05) is 5.41 Å². The summed E-state index contributed by atoms with van der Waals surface area (Å²) in [6.45, 7) is 4.23. The van der Waals surface area contributed by atoms with Gasteiger partial charge >= 0.3 is 0 Å². The molecule has 0 bridgehead atoms. The number of hydrogen-bond donors (Lipinski definition) is 2. The number of hydrazone groups is 1. The van der Waals surface area contributed by atoms with Crippen molar-refractivity contribution in [2.45, 2.75) is 33.1 Å². The summed E-state index contributed by atoms with van der Waals surface area (Å²) < 4.78 is 0. The average molecular weight is 155 g/mol. The third-order valence-corrected chi connectivity index (χ3v) is 2.93. The molecule has 1 fully saturated rings. The summed E-state index contributed by atoms with van der Waals surface area (Å²) in [5.74, 6) is 6.41. The third kappa shape index (κ3) is 1.32. The van der Waals surface area contributed by atoms with Gasteiger partial charge in [0.25, 0.3) is 0 Å². The highest BCUT2D eigenvalue weighted by Gasteiger charge is 2.36. The Morgan fingerprint density at radius 1 is 1.45 bits per heavy atom. The minimum atomic E-state index is 0.00694. The molecule has 0 aromatic rings. The second kappa shape index (κ2) is 2.72.